The Morgan fingerprint density at radius 2 is 2.23 bits per heavy atom. The lowest BCUT2D eigenvalue weighted by molar-refractivity contribution is 0.618. The lowest BCUT2D eigenvalue weighted by Crippen LogP contribution is -2.35. The molecular formula is C9H14FN3. The summed E-state index contributed by atoms with van der Waals surface area (Å²) >= 11 is 0. The van der Waals surface area contributed by atoms with Crippen LogP contribution >= 0.6 is 0 Å². The average Bonchev–Trinajstić information content (AvgIpc) is 2.10. The van der Waals surface area contributed by atoms with E-state index in [9.17, 15) is 4.39 Å². The van der Waals surface area contributed by atoms with E-state index in [-0.39, 0.29) is 5.82 Å². The van der Waals surface area contributed by atoms with E-state index in [1.165, 1.54) is 6.07 Å². The molecule has 0 unspecified atom stereocenters. The van der Waals surface area contributed by atoms with Crippen molar-refractivity contribution in [1.29, 1.82) is 0 Å². The zero-order valence-corrected chi connectivity index (χ0v) is 7.84. The van der Waals surface area contributed by atoms with Crippen molar-refractivity contribution in [3.63, 3.8) is 0 Å². The summed E-state index contributed by atoms with van der Waals surface area (Å²) in [5, 5.41) is 0. The van der Waals surface area contributed by atoms with E-state index in [1.54, 1.807) is 19.1 Å². The summed E-state index contributed by atoms with van der Waals surface area (Å²) in [6, 6.07) is 4.96. The summed E-state index contributed by atoms with van der Waals surface area (Å²) in [6.07, 6.45) is 0. The highest BCUT2D eigenvalue weighted by Gasteiger charge is 2.02. The molecule has 0 saturated heterocycles. The SMILES string of the molecule is Cc1cc(N(C)CNN)ccc1F. The minimum Gasteiger partial charge on any atom is -0.361 e. The van der Waals surface area contributed by atoms with E-state index in [1.807, 2.05) is 11.9 Å². The Kier molecular flexibility index (Phi) is 3.22. The molecule has 4 heteroatoms. The Labute approximate surface area is 77.3 Å². The van der Waals surface area contributed by atoms with Crippen molar-refractivity contribution < 1.29 is 4.39 Å². The van der Waals surface area contributed by atoms with Crippen molar-refractivity contribution in [2.75, 3.05) is 18.6 Å². The predicted octanol–water partition coefficient (Wildman–Crippen LogP) is 0.991. The van der Waals surface area contributed by atoms with Crippen molar-refractivity contribution in [1.82, 2.24) is 5.43 Å². The molecule has 0 saturated carbocycles. The van der Waals surface area contributed by atoms with Crippen LogP contribution in [0.4, 0.5) is 10.1 Å². The largest absolute Gasteiger partial charge is 0.361 e. The van der Waals surface area contributed by atoms with Crippen LogP contribution < -0.4 is 16.2 Å². The number of nitrogens with two attached hydrogens (primary N) is 1. The van der Waals surface area contributed by atoms with Crippen LogP contribution in [-0.4, -0.2) is 13.7 Å². The molecule has 0 aliphatic heterocycles. The highest BCUT2D eigenvalue weighted by Crippen LogP contribution is 2.16. The van der Waals surface area contributed by atoms with Gasteiger partial charge in [-0.2, -0.15) is 0 Å². The molecule has 72 valence electrons. The summed E-state index contributed by atoms with van der Waals surface area (Å²) in [6.45, 7) is 2.27. The first-order valence-electron chi connectivity index (χ1n) is 4.06. The first kappa shape index (κ1) is 9.95. The van der Waals surface area contributed by atoms with Gasteiger partial charge in [0.05, 0.1) is 6.67 Å². The third kappa shape index (κ3) is 2.40. The van der Waals surface area contributed by atoms with Crippen LogP contribution in [0.3, 0.4) is 0 Å². The molecule has 0 aromatic heterocycles. The molecule has 0 radical (unpaired) electrons. The number of benzene rings is 1. The van der Waals surface area contributed by atoms with Gasteiger partial charge in [0.15, 0.2) is 0 Å². The second-order valence-corrected chi connectivity index (χ2v) is 2.99. The van der Waals surface area contributed by atoms with E-state index in [0.29, 0.717) is 12.2 Å². The van der Waals surface area contributed by atoms with Crippen LogP contribution in [0.25, 0.3) is 0 Å². The third-order valence-corrected chi connectivity index (χ3v) is 1.91. The van der Waals surface area contributed by atoms with E-state index in [2.05, 4.69) is 5.43 Å². The topological polar surface area (TPSA) is 41.3 Å². The van der Waals surface area contributed by atoms with Gasteiger partial charge in [-0.1, -0.05) is 0 Å². The average molecular weight is 183 g/mol. The van der Waals surface area contributed by atoms with Gasteiger partial charge in [0, 0.05) is 12.7 Å². The molecule has 3 N–H and O–H groups in total. The first-order chi connectivity index (χ1) is 6.15. The monoisotopic (exact) mass is 183 g/mol. The molecule has 1 rings (SSSR count). The molecule has 1 aromatic carbocycles. The summed E-state index contributed by atoms with van der Waals surface area (Å²) in [7, 11) is 1.88. The Morgan fingerprint density at radius 3 is 2.77 bits per heavy atom. The number of hydrogen-bond acceptors (Lipinski definition) is 3. The Morgan fingerprint density at radius 1 is 1.54 bits per heavy atom. The standard InChI is InChI=1S/C9H14FN3/c1-7-5-8(3-4-9(7)10)13(2)6-12-11/h3-5,12H,6,11H2,1-2H3. The number of rotatable bonds is 3. The molecule has 0 fully saturated rings. The van der Waals surface area contributed by atoms with Crippen molar-refractivity contribution >= 4 is 5.69 Å². The van der Waals surface area contributed by atoms with E-state index < -0.39 is 0 Å². The fourth-order valence-corrected chi connectivity index (χ4v) is 1.09. The summed E-state index contributed by atoms with van der Waals surface area (Å²) in [4.78, 5) is 1.90. The maximum Gasteiger partial charge on any atom is 0.126 e. The number of aryl methyl sites for hydroxylation is 1. The van der Waals surface area contributed by atoms with Gasteiger partial charge < -0.3 is 4.90 Å². The van der Waals surface area contributed by atoms with Crippen molar-refractivity contribution in [2.24, 2.45) is 5.84 Å². The van der Waals surface area contributed by atoms with Crippen molar-refractivity contribution in [3.8, 4) is 0 Å². The molecule has 0 amide bonds. The molecule has 0 spiro atoms. The smallest absolute Gasteiger partial charge is 0.126 e. The van der Waals surface area contributed by atoms with Gasteiger partial charge in [0.2, 0.25) is 0 Å². The van der Waals surface area contributed by atoms with E-state index >= 15 is 0 Å². The van der Waals surface area contributed by atoms with Crippen molar-refractivity contribution in [3.05, 3.63) is 29.6 Å². The number of halogens is 1. The lowest BCUT2D eigenvalue weighted by atomic mass is 10.2. The Balaban J connectivity index is 2.84. The minimum absolute atomic E-state index is 0.183. The number of hydrazine groups is 1. The van der Waals surface area contributed by atoms with Gasteiger partial charge in [0.1, 0.15) is 5.82 Å². The zero-order chi connectivity index (χ0) is 9.84. The Hall–Kier alpha value is -1.13. The van der Waals surface area contributed by atoms with Crippen LogP contribution in [0.5, 0.6) is 0 Å². The van der Waals surface area contributed by atoms with Gasteiger partial charge in [-0.3, -0.25) is 5.84 Å². The number of nitrogens with one attached hydrogen (secondary N) is 1. The van der Waals surface area contributed by atoms with Crippen molar-refractivity contribution in [2.45, 2.75) is 6.92 Å². The lowest BCUT2D eigenvalue weighted by Gasteiger charge is -2.18. The fraction of sp³-hybridized carbons (Fsp3) is 0.333. The molecule has 0 aliphatic carbocycles. The molecular weight excluding hydrogens is 169 g/mol. The minimum atomic E-state index is -0.183. The van der Waals surface area contributed by atoms with Gasteiger partial charge in [-0.25, -0.2) is 9.82 Å². The van der Waals surface area contributed by atoms with Gasteiger partial charge in [0.25, 0.3) is 0 Å². The second-order valence-electron chi connectivity index (χ2n) is 2.99. The number of nitrogens with zero attached hydrogens (tertiary/aromatic N) is 1. The third-order valence-electron chi connectivity index (χ3n) is 1.91. The van der Waals surface area contributed by atoms with Crippen LogP contribution in [0.1, 0.15) is 5.56 Å². The zero-order valence-electron chi connectivity index (χ0n) is 7.84. The Bertz CT molecular complexity index is 288. The van der Waals surface area contributed by atoms with E-state index in [0.717, 1.165) is 5.69 Å². The highest BCUT2D eigenvalue weighted by atomic mass is 19.1. The van der Waals surface area contributed by atoms with Crippen LogP contribution in [0.15, 0.2) is 18.2 Å². The number of anilines is 1. The van der Waals surface area contributed by atoms with Gasteiger partial charge >= 0.3 is 0 Å². The number of hydrogen-bond donors (Lipinski definition) is 2. The summed E-state index contributed by atoms with van der Waals surface area (Å²) in [5.41, 5.74) is 4.11. The van der Waals surface area contributed by atoms with Crippen LogP contribution in [0.2, 0.25) is 0 Å². The van der Waals surface area contributed by atoms with Gasteiger partial charge in [-0.05, 0) is 30.7 Å². The fourth-order valence-electron chi connectivity index (χ4n) is 1.09. The quantitative estimate of drug-likeness (QED) is 0.417. The molecule has 13 heavy (non-hydrogen) atoms. The first-order valence-corrected chi connectivity index (χ1v) is 4.06. The predicted molar refractivity (Wildman–Crippen MR) is 51.7 cm³/mol. The molecule has 0 aliphatic rings. The maximum absolute atomic E-state index is 12.9. The summed E-state index contributed by atoms with van der Waals surface area (Å²) in [5.74, 6) is 4.99. The molecule has 0 heterocycles. The maximum atomic E-state index is 12.9. The normalized spacial score (nSPS) is 10.2. The second kappa shape index (κ2) is 4.20. The van der Waals surface area contributed by atoms with Crippen LogP contribution in [-0.2, 0) is 0 Å². The molecule has 0 bridgehead atoms. The summed E-state index contributed by atoms with van der Waals surface area (Å²) < 4.78 is 12.9. The van der Waals surface area contributed by atoms with E-state index in [4.69, 9.17) is 5.84 Å². The van der Waals surface area contributed by atoms with Crippen LogP contribution in [0, 0.1) is 12.7 Å². The molecule has 0 atom stereocenters. The van der Waals surface area contributed by atoms with Gasteiger partial charge in [-0.15, -0.1) is 0 Å². The molecule has 3 nitrogen and oxygen atoms in total. The highest BCUT2D eigenvalue weighted by molar-refractivity contribution is 5.47. The molecule has 1 aromatic rings.